The molecule has 0 fully saturated rings. The molecule has 19 heavy (non-hydrogen) atoms. The second-order valence-electron chi connectivity index (χ2n) is 4.44. The summed E-state index contributed by atoms with van der Waals surface area (Å²) in [7, 11) is 0. The van der Waals surface area contributed by atoms with Gasteiger partial charge >= 0.3 is 0 Å². The Balaban J connectivity index is 2.03. The third-order valence-electron chi connectivity index (χ3n) is 2.92. The standard InChI is InChI=1S/C14H18N4O/c1-3-18-9-12(15)6-13(18)14(19)17-8-11-5-4-10(2)16-7-11/h4-7,9H,3,8,15H2,1-2H3,(H,17,19). The fourth-order valence-corrected chi connectivity index (χ4v) is 1.86. The molecule has 2 aromatic heterocycles. The van der Waals surface area contributed by atoms with Crippen molar-refractivity contribution in [2.24, 2.45) is 0 Å². The van der Waals surface area contributed by atoms with Gasteiger partial charge in [-0.1, -0.05) is 6.07 Å². The molecule has 2 aromatic rings. The Hall–Kier alpha value is -2.30. The van der Waals surface area contributed by atoms with Crippen LogP contribution in [0.5, 0.6) is 0 Å². The van der Waals surface area contributed by atoms with Crippen LogP contribution < -0.4 is 11.1 Å². The summed E-state index contributed by atoms with van der Waals surface area (Å²) >= 11 is 0. The number of carbonyl (C=O) groups excluding carboxylic acids is 1. The topological polar surface area (TPSA) is 72.9 Å². The highest BCUT2D eigenvalue weighted by Gasteiger charge is 2.11. The van der Waals surface area contributed by atoms with E-state index in [1.54, 1.807) is 18.5 Å². The van der Waals surface area contributed by atoms with Crippen molar-refractivity contribution in [2.45, 2.75) is 26.9 Å². The molecule has 0 atom stereocenters. The van der Waals surface area contributed by atoms with Gasteiger partial charge in [0.1, 0.15) is 5.69 Å². The lowest BCUT2D eigenvalue weighted by molar-refractivity contribution is 0.0941. The normalized spacial score (nSPS) is 10.4. The van der Waals surface area contributed by atoms with Gasteiger partial charge < -0.3 is 15.6 Å². The van der Waals surface area contributed by atoms with Gasteiger partial charge in [0.25, 0.3) is 5.91 Å². The van der Waals surface area contributed by atoms with Crippen molar-refractivity contribution < 1.29 is 4.79 Å². The van der Waals surface area contributed by atoms with Crippen LogP contribution in [0.15, 0.2) is 30.6 Å². The second kappa shape index (κ2) is 5.56. The molecule has 2 heterocycles. The molecule has 1 amide bonds. The number of aryl methyl sites for hydroxylation is 2. The number of carbonyl (C=O) groups is 1. The Morgan fingerprint density at radius 1 is 1.47 bits per heavy atom. The van der Waals surface area contributed by atoms with Gasteiger partial charge in [0.2, 0.25) is 0 Å². The number of nitrogens with one attached hydrogen (secondary N) is 1. The van der Waals surface area contributed by atoms with Crippen molar-refractivity contribution in [3.8, 4) is 0 Å². The zero-order chi connectivity index (χ0) is 13.8. The summed E-state index contributed by atoms with van der Waals surface area (Å²) < 4.78 is 1.83. The summed E-state index contributed by atoms with van der Waals surface area (Å²) in [5, 5.41) is 2.87. The van der Waals surface area contributed by atoms with Gasteiger partial charge in [0.05, 0.1) is 5.69 Å². The van der Waals surface area contributed by atoms with E-state index in [-0.39, 0.29) is 5.91 Å². The number of amides is 1. The third kappa shape index (κ3) is 3.13. The SMILES string of the molecule is CCn1cc(N)cc1C(=O)NCc1ccc(C)nc1. The van der Waals surface area contributed by atoms with Crippen LogP contribution in [0.4, 0.5) is 5.69 Å². The van der Waals surface area contributed by atoms with Crippen molar-refractivity contribution in [2.75, 3.05) is 5.73 Å². The number of hydrogen-bond acceptors (Lipinski definition) is 3. The zero-order valence-electron chi connectivity index (χ0n) is 11.2. The van der Waals surface area contributed by atoms with Crippen molar-refractivity contribution in [1.29, 1.82) is 0 Å². The fourth-order valence-electron chi connectivity index (χ4n) is 1.86. The summed E-state index contributed by atoms with van der Waals surface area (Å²) in [6.07, 6.45) is 3.53. The highest BCUT2D eigenvalue weighted by molar-refractivity contribution is 5.93. The van der Waals surface area contributed by atoms with Crippen LogP contribution in [0.2, 0.25) is 0 Å². The maximum Gasteiger partial charge on any atom is 0.268 e. The largest absolute Gasteiger partial charge is 0.397 e. The Labute approximate surface area is 112 Å². The Kier molecular flexibility index (Phi) is 3.85. The number of nitrogens with two attached hydrogens (primary N) is 1. The molecule has 100 valence electrons. The molecule has 0 saturated carbocycles. The van der Waals surface area contributed by atoms with E-state index in [4.69, 9.17) is 5.73 Å². The van der Waals surface area contributed by atoms with Crippen LogP contribution in [-0.2, 0) is 13.1 Å². The maximum atomic E-state index is 12.1. The first kappa shape index (κ1) is 13.1. The zero-order valence-corrected chi connectivity index (χ0v) is 11.2. The predicted molar refractivity (Wildman–Crippen MR) is 74.7 cm³/mol. The van der Waals surface area contributed by atoms with Crippen LogP contribution in [0.1, 0.15) is 28.7 Å². The number of hydrogen-bond donors (Lipinski definition) is 2. The van der Waals surface area contributed by atoms with Crippen LogP contribution in [-0.4, -0.2) is 15.5 Å². The van der Waals surface area contributed by atoms with E-state index in [1.807, 2.05) is 30.5 Å². The molecule has 0 radical (unpaired) electrons. The van der Waals surface area contributed by atoms with Gasteiger partial charge in [-0.2, -0.15) is 0 Å². The summed E-state index contributed by atoms with van der Waals surface area (Å²) in [4.78, 5) is 16.3. The van der Waals surface area contributed by atoms with Crippen molar-refractivity contribution in [3.05, 3.63) is 47.5 Å². The van der Waals surface area contributed by atoms with Gasteiger partial charge in [-0.25, -0.2) is 0 Å². The lowest BCUT2D eigenvalue weighted by atomic mass is 10.2. The van der Waals surface area contributed by atoms with Crippen LogP contribution in [0.25, 0.3) is 0 Å². The summed E-state index contributed by atoms with van der Waals surface area (Å²) in [5.74, 6) is -0.126. The number of nitrogen functional groups attached to an aromatic ring is 1. The molecule has 3 N–H and O–H groups in total. The predicted octanol–water partition coefficient (Wildman–Crippen LogP) is 1.72. The molecule has 5 heteroatoms. The van der Waals surface area contributed by atoms with Gasteiger partial charge in [0, 0.05) is 31.2 Å². The number of rotatable bonds is 4. The molecule has 0 saturated heterocycles. The first-order chi connectivity index (χ1) is 9.10. The Morgan fingerprint density at radius 3 is 2.89 bits per heavy atom. The minimum atomic E-state index is -0.126. The van der Waals surface area contributed by atoms with E-state index in [2.05, 4.69) is 10.3 Å². The number of nitrogens with zero attached hydrogens (tertiary/aromatic N) is 2. The smallest absolute Gasteiger partial charge is 0.268 e. The van der Waals surface area contributed by atoms with Gasteiger partial charge in [-0.3, -0.25) is 9.78 Å². The summed E-state index contributed by atoms with van der Waals surface area (Å²) in [6.45, 7) is 5.08. The van der Waals surface area contributed by atoms with E-state index < -0.39 is 0 Å². The fraction of sp³-hybridized carbons (Fsp3) is 0.286. The molecule has 0 spiro atoms. The molecule has 0 aromatic carbocycles. The second-order valence-corrected chi connectivity index (χ2v) is 4.44. The molecular weight excluding hydrogens is 240 g/mol. The van der Waals surface area contributed by atoms with E-state index in [1.165, 1.54) is 0 Å². The first-order valence-electron chi connectivity index (χ1n) is 6.25. The Morgan fingerprint density at radius 2 is 2.26 bits per heavy atom. The summed E-state index contributed by atoms with van der Waals surface area (Å²) in [6, 6.07) is 5.57. The monoisotopic (exact) mass is 258 g/mol. The highest BCUT2D eigenvalue weighted by atomic mass is 16.1. The van der Waals surface area contributed by atoms with Crippen molar-refractivity contribution >= 4 is 11.6 Å². The van der Waals surface area contributed by atoms with Crippen LogP contribution in [0, 0.1) is 6.92 Å². The Bertz CT molecular complexity index is 572. The summed E-state index contributed by atoms with van der Waals surface area (Å²) in [5.41, 5.74) is 8.82. The average Bonchev–Trinajstić information content (AvgIpc) is 2.79. The molecule has 0 aliphatic heterocycles. The van der Waals surface area contributed by atoms with E-state index in [0.29, 0.717) is 24.5 Å². The van der Waals surface area contributed by atoms with E-state index >= 15 is 0 Å². The van der Waals surface area contributed by atoms with Gasteiger partial charge in [-0.05, 0) is 31.5 Å². The van der Waals surface area contributed by atoms with Gasteiger partial charge in [0.15, 0.2) is 0 Å². The maximum absolute atomic E-state index is 12.1. The van der Waals surface area contributed by atoms with E-state index in [9.17, 15) is 4.79 Å². The molecular formula is C14H18N4O. The average molecular weight is 258 g/mol. The molecule has 0 unspecified atom stereocenters. The van der Waals surface area contributed by atoms with Crippen molar-refractivity contribution in [3.63, 3.8) is 0 Å². The van der Waals surface area contributed by atoms with Crippen molar-refractivity contribution in [1.82, 2.24) is 14.9 Å². The van der Waals surface area contributed by atoms with Crippen LogP contribution >= 0.6 is 0 Å². The number of pyridine rings is 1. The number of anilines is 1. The molecule has 0 bridgehead atoms. The minimum absolute atomic E-state index is 0.126. The highest BCUT2D eigenvalue weighted by Crippen LogP contribution is 2.10. The molecule has 0 aliphatic carbocycles. The quantitative estimate of drug-likeness (QED) is 0.877. The third-order valence-corrected chi connectivity index (χ3v) is 2.92. The van der Waals surface area contributed by atoms with Crippen LogP contribution in [0.3, 0.4) is 0 Å². The van der Waals surface area contributed by atoms with Gasteiger partial charge in [-0.15, -0.1) is 0 Å². The first-order valence-corrected chi connectivity index (χ1v) is 6.25. The number of aromatic nitrogens is 2. The minimum Gasteiger partial charge on any atom is -0.397 e. The lowest BCUT2D eigenvalue weighted by Gasteiger charge is -2.07. The molecule has 2 rings (SSSR count). The lowest BCUT2D eigenvalue weighted by Crippen LogP contribution is -2.25. The van der Waals surface area contributed by atoms with E-state index in [0.717, 1.165) is 11.3 Å². The molecule has 5 nitrogen and oxygen atoms in total. The molecule has 0 aliphatic rings.